The first-order chi connectivity index (χ1) is 10.9. The Morgan fingerprint density at radius 1 is 1.43 bits per heavy atom. The standard InChI is InChI=1S/C16H16FN3O2S/c1-9-3-4-12(6-13(9)17)20-7-11(5-14(20)21)15(22)19-16-18-10(2)8-23-16/h3-4,6,8,11H,5,7H2,1-2H3,(H,18,19,22). The molecule has 1 aromatic carbocycles. The number of anilines is 2. The highest BCUT2D eigenvalue weighted by Crippen LogP contribution is 2.27. The molecule has 1 unspecified atom stereocenters. The molecule has 0 radical (unpaired) electrons. The lowest BCUT2D eigenvalue weighted by molar-refractivity contribution is -0.122. The van der Waals surface area contributed by atoms with Crippen molar-refractivity contribution in [3.05, 3.63) is 40.7 Å². The molecular formula is C16H16FN3O2S. The van der Waals surface area contributed by atoms with Crippen molar-refractivity contribution >= 4 is 34.0 Å². The second-order valence-electron chi connectivity index (χ2n) is 5.62. The van der Waals surface area contributed by atoms with Crippen LogP contribution in [0, 0.1) is 25.6 Å². The fourth-order valence-electron chi connectivity index (χ4n) is 2.50. The Balaban J connectivity index is 1.71. The fraction of sp³-hybridized carbons (Fsp3) is 0.312. The van der Waals surface area contributed by atoms with Crippen LogP contribution >= 0.6 is 11.3 Å². The van der Waals surface area contributed by atoms with Gasteiger partial charge in [0.2, 0.25) is 11.8 Å². The molecule has 1 atom stereocenters. The van der Waals surface area contributed by atoms with E-state index in [0.29, 0.717) is 16.4 Å². The summed E-state index contributed by atoms with van der Waals surface area (Å²) in [6.45, 7) is 3.76. The Hall–Kier alpha value is -2.28. The van der Waals surface area contributed by atoms with Crippen molar-refractivity contribution in [3.8, 4) is 0 Å². The average molecular weight is 333 g/mol. The van der Waals surface area contributed by atoms with Crippen LogP contribution in [0.2, 0.25) is 0 Å². The van der Waals surface area contributed by atoms with E-state index in [9.17, 15) is 14.0 Å². The van der Waals surface area contributed by atoms with E-state index in [0.717, 1.165) is 5.69 Å². The van der Waals surface area contributed by atoms with Gasteiger partial charge in [-0.3, -0.25) is 9.59 Å². The summed E-state index contributed by atoms with van der Waals surface area (Å²) in [6, 6.07) is 4.65. The molecule has 0 spiro atoms. The van der Waals surface area contributed by atoms with Crippen LogP contribution in [0.4, 0.5) is 15.2 Å². The largest absolute Gasteiger partial charge is 0.311 e. The molecule has 5 nitrogen and oxygen atoms in total. The number of carbonyl (C=O) groups is 2. The number of halogens is 1. The van der Waals surface area contributed by atoms with Crippen LogP contribution in [-0.4, -0.2) is 23.3 Å². The van der Waals surface area contributed by atoms with Gasteiger partial charge in [-0.2, -0.15) is 0 Å². The van der Waals surface area contributed by atoms with Gasteiger partial charge in [0.15, 0.2) is 5.13 Å². The number of aromatic nitrogens is 1. The normalized spacial score (nSPS) is 17.6. The third kappa shape index (κ3) is 3.24. The quantitative estimate of drug-likeness (QED) is 0.939. The number of amides is 2. The summed E-state index contributed by atoms with van der Waals surface area (Å²) >= 11 is 1.35. The van der Waals surface area contributed by atoms with Gasteiger partial charge in [-0.1, -0.05) is 6.07 Å². The van der Waals surface area contributed by atoms with E-state index in [-0.39, 0.29) is 30.6 Å². The first-order valence-corrected chi connectivity index (χ1v) is 8.11. The minimum absolute atomic E-state index is 0.117. The maximum atomic E-state index is 13.7. The topological polar surface area (TPSA) is 62.3 Å². The Kier molecular flexibility index (Phi) is 4.12. The molecule has 7 heteroatoms. The Bertz CT molecular complexity index is 774. The van der Waals surface area contributed by atoms with Gasteiger partial charge in [-0.25, -0.2) is 9.37 Å². The number of benzene rings is 1. The predicted molar refractivity (Wildman–Crippen MR) is 87.1 cm³/mol. The predicted octanol–water partition coefficient (Wildman–Crippen LogP) is 2.89. The van der Waals surface area contributed by atoms with Crippen LogP contribution in [0.1, 0.15) is 17.7 Å². The lowest BCUT2D eigenvalue weighted by atomic mass is 10.1. The van der Waals surface area contributed by atoms with Gasteiger partial charge in [0.1, 0.15) is 5.82 Å². The summed E-state index contributed by atoms with van der Waals surface area (Å²) in [5.41, 5.74) is 1.84. The Labute approximate surface area is 137 Å². The summed E-state index contributed by atoms with van der Waals surface area (Å²) in [7, 11) is 0. The zero-order chi connectivity index (χ0) is 16.6. The molecule has 3 rings (SSSR count). The van der Waals surface area contributed by atoms with Gasteiger partial charge in [0, 0.05) is 24.0 Å². The summed E-state index contributed by atoms with van der Waals surface area (Å²) in [4.78, 5) is 30.1. The van der Waals surface area contributed by atoms with E-state index in [1.807, 2.05) is 12.3 Å². The molecule has 2 amide bonds. The van der Waals surface area contributed by atoms with E-state index < -0.39 is 5.92 Å². The molecular weight excluding hydrogens is 317 g/mol. The molecule has 120 valence electrons. The van der Waals surface area contributed by atoms with Gasteiger partial charge >= 0.3 is 0 Å². The third-order valence-corrected chi connectivity index (χ3v) is 4.69. The maximum absolute atomic E-state index is 13.7. The van der Waals surface area contributed by atoms with Crippen molar-refractivity contribution in [2.75, 3.05) is 16.8 Å². The first-order valence-electron chi connectivity index (χ1n) is 7.23. The van der Waals surface area contributed by atoms with Crippen molar-refractivity contribution in [1.29, 1.82) is 0 Å². The Morgan fingerprint density at radius 3 is 2.87 bits per heavy atom. The van der Waals surface area contributed by atoms with Crippen molar-refractivity contribution < 1.29 is 14.0 Å². The van der Waals surface area contributed by atoms with E-state index in [1.165, 1.54) is 22.3 Å². The molecule has 1 N–H and O–H groups in total. The second-order valence-corrected chi connectivity index (χ2v) is 6.48. The highest BCUT2D eigenvalue weighted by molar-refractivity contribution is 7.13. The van der Waals surface area contributed by atoms with Crippen LogP contribution in [0.25, 0.3) is 0 Å². The number of hydrogen-bond acceptors (Lipinski definition) is 4. The Morgan fingerprint density at radius 2 is 2.22 bits per heavy atom. The van der Waals surface area contributed by atoms with Gasteiger partial charge in [-0.15, -0.1) is 11.3 Å². The van der Waals surface area contributed by atoms with Gasteiger partial charge in [0.05, 0.1) is 11.6 Å². The van der Waals surface area contributed by atoms with Gasteiger partial charge in [0.25, 0.3) is 0 Å². The highest BCUT2D eigenvalue weighted by atomic mass is 32.1. The zero-order valence-corrected chi connectivity index (χ0v) is 13.6. The summed E-state index contributed by atoms with van der Waals surface area (Å²) in [5, 5.41) is 5.10. The molecule has 23 heavy (non-hydrogen) atoms. The number of rotatable bonds is 3. The smallest absolute Gasteiger partial charge is 0.231 e. The second kappa shape index (κ2) is 6.08. The van der Waals surface area contributed by atoms with Crippen LogP contribution in [0.3, 0.4) is 0 Å². The van der Waals surface area contributed by atoms with Crippen molar-refractivity contribution in [3.63, 3.8) is 0 Å². The number of hydrogen-bond donors (Lipinski definition) is 1. The number of carbonyl (C=O) groups excluding carboxylic acids is 2. The first kappa shape index (κ1) is 15.6. The van der Waals surface area contributed by atoms with Crippen LogP contribution < -0.4 is 10.2 Å². The van der Waals surface area contributed by atoms with Crippen molar-refractivity contribution in [2.45, 2.75) is 20.3 Å². The zero-order valence-electron chi connectivity index (χ0n) is 12.8. The summed E-state index contributed by atoms with van der Waals surface area (Å²) in [5.74, 6) is -1.23. The lowest BCUT2D eigenvalue weighted by Gasteiger charge is -2.17. The third-order valence-electron chi connectivity index (χ3n) is 3.81. The van der Waals surface area contributed by atoms with Crippen molar-refractivity contribution in [2.24, 2.45) is 5.92 Å². The minimum Gasteiger partial charge on any atom is -0.311 e. The molecule has 0 saturated carbocycles. The summed E-state index contributed by atoms with van der Waals surface area (Å²) in [6.07, 6.45) is 0.117. The van der Waals surface area contributed by atoms with E-state index in [2.05, 4.69) is 10.3 Å². The number of thiazole rings is 1. The van der Waals surface area contributed by atoms with Gasteiger partial charge in [-0.05, 0) is 31.5 Å². The van der Waals surface area contributed by atoms with E-state index >= 15 is 0 Å². The van der Waals surface area contributed by atoms with Crippen LogP contribution in [0.5, 0.6) is 0 Å². The van der Waals surface area contributed by atoms with Crippen LogP contribution in [0.15, 0.2) is 23.6 Å². The lowest BCUT2D eigenvalue weighted by Crippen LogP contribution is -2.28. The fourth-order valence-corrected chi connectivity index (χ4v) is 3.19. The average Bonchev–Trinajstić information content (AvgIpc) is 3.08. The molecule has 0 bridgehead atoms. The van der Waals surface area contributed by atoms with E-state index in [1.54, 1.807) is 19.1 Å². The van der Waals surface area contributed by atoms with E-state index in [4.69, 9.17) is 0 Å². The molecule has 1 aromatic heterocycles. The molecule has 0 aliphatic carbocycles. The minimum atomic E-state index is -0.462. The number of aryl methyl sites for hydroxylation is 2. The van der Waals surface area contributed by atoms with Crippen LogP contribution in [-0.2, 0) is 9.59 Å². The SMILES string of the molecule is Cc1csc(NC(=O)C2CC(=O)N(c3ccc(C)c(F)c3)C2)n1. The highest BCUT2D eigenvalue weighted by Gasteiger charge is 2.35. The number of nitrogens with zero attached hydrogens (tertiary/aromatic N) is 2. The van der Waals surface area contributed by atoms with Gasteiger partial charge < -0.3 is 10.2 Å². The molecule has 1 saturated heterocycles. The summed E-state index contributed by atoms with van der Waals surface area (Å²) < 4.78 is 13.7. The monoisotopic (exact) mass is 333 g/mol. The molecule has 2 aromatic rings. The molecule has 2 heterocycles. The number of nitrogens with one attached hydrogen (secondary N) is 1. The molecule has 1 aliphatic heterocycles. The van der Waals surface area contributed by atoms with Crippen molar-refractivity contribution in [1.82, 2.24) is 4.98 Å². The maximum Gasteiger partial charge on any atom is 0.231 e. The molecule has 1 fully saturated rings. The molecule has 1 aliphatic rings.